The minimum Gasteiger partial charge on any atom is -0.371 e. The van der Waals surface area contributed by atoms with E-state index < -0.39 is 0 Å². The van der Waals surface area contributed by atoms with Gasteiger partial charge in [0.25, 0.3) is 5.91 Å². The van der Waals surface area contributed by atoms with Crippen molar-refractivity contribution in [1.82, 2.24) is 15.2 Å². The minimum absolute atomic E-state index is 0.0872. The van der Waals surface area contributed by atoms with Gasteiger partial charge in [0.2, 0.25) is 0 Å². The summed E-state index contributed by atoms with van der Waals surface area (Å²) in [5.41, 5.74) is 7.35. The van der Waals surface area contributed by atoms with Gasteiger partial charge in [-0.2, -0.15) is 0 Å². The number of aromatic nitrogens is 1. The summed E-state index contributed by atoms with van der Waals surface area (Å²) < 4.78 is 0. The smallest absolute Gasteiger partial charge is 0.251 e. The Balaban J connectivity index is 1.34. The lowest BCUT2D eigenvalue weighted by Gasteiger charge is -2.42. The lowest BCUT2D eigenvalue weighted by molar-refractivity contribution is -0.123. The van der Waals surface area contributed by atoms with Crippen molar-refractivity contribution in [1.29, 1.82) is 0 Å². The van der Waals surface area contributed by atoms with Gasteiger partial charge < -0.3 is 15.1 Å². The molecular weight excluding hydrogens is 508 g/mol. The summed E-state index contributed by atoms with van der Waals surface area (Å²) in [5.74, 6) is 6.81. The van der Waals surface area contributed by atoms with E-state index in [1.165, 1.54) is 55.5 Å². The van der Waals surface area contributed by atoms with Gasteiger partial charge in [-0.15, -0.1) is 0 Å². The predicted molar refractivity (Wildman–Crippen MR) is 163 cm³/mol. The van der Waals surface area contributed by atoms with Gasteiger partial charge in [0.1, 0.15) is 0 Å². The maximum atomic E-state index is 14.0. The van der Waals surface area contributed by atoms with Crippen LogP contribution in [0.3, 0.4) is 0 Å². The molecule has 41 heavy (non-hydrogen) atoms. The van der Waals surface area contributed by atoms with Crippen LogP contribution in [0.5, 0.6) is 0 Å². The molecule has 1 amide bonds. The highest BCUT2D eigenvalue weighted by molar-refractivity contribution is 5.99. The molecule has 2 unspecified atom stereocenters. The molecule has 214 valence electrons. The van der Waals surface area contributed by atoms with Crippen LogP contribution in [0.2, 0.25) is 0 Å². The molecule has 3 heterocycles. The van der Waals surface area contributed by atoms with E-state index in [1.807, 2.05) is 25.2 Å². The number of nitrogens with one attached hydrogen (secondary N) is 1. The molecule has 6 nitrogen and oxygen atoms in total. The second kappa shape index (κ2) is 12.1. The fourth-order valence-electron chi connectivity index (χ4n) is 7.49. The van der Waals surface area contributed by atoms with Crippen LogP contribution in [0, 0.1) is 17.8 Å². The second-order valence-electron chi connectivity index (χ2n) is 12.4. The zero-order valence-corrected chi connectivity index (χ0v) is 24.5. The van der Waals surface area contributed by atoms with Crippen molar-refractivity contribution in [2.45, 2.75) is 83.1 Å². The van der Waals surface area contributed by atoms with E-state index in [-0.39, 0.29) is 23.5 Å². The summed E-state index contributed by atoms with van der Waals surface area (Å²) >= 11 is 0. The first-order valence-electron chi connectivity index (χ1n) is 15.6. The summed E-state index contributed by atoms with van der Waals surface area (Å²) in [7, 11) is 2.03. The average Bonchev–Trinajstić information content (AvgIpc) is 3.00. The Bertz CT molecular complexity index is 1400. The van der Waals surface area contributed by atoms with E-state index >= 15 is 0 Å². The lowest BCUT2D eigenvalue weighted by Crippen LogP contribution is -2.44. The molecule has 6 rings (SSSR count). The number of Topliss-reactive ketones (excluding diaryl/α,β-unsaturated/α-hetero) is 1. The number of benzene rings is 1. The van der Waals surface area contributed by atoms with E-state index in [0.717, 1.165) is 48.9 Å². The SMILES string of the molecule is CC1CCN(C2CCCCC2)c2cc(C#Cc3ccncc3)cc(C(=O)NCC3C(=O)CN(C)C4=C3CCCC4)c21. The molecule has 1 fully saturated rings. The van der Waals surface area contributed by atoms with Crippen molar-refractivity contribution in [3.8, 4) is 11.8 Å². The second-order valence-corrected chi connectivity index (χ2v) is 12.4. The zero-order valence-electron chi connectivity index (χ0n) is 24.5. The molecule has 0 radical (unpaired) electrons. The van der Waals surface area contributed by atoms with Crippen LogP contribution in [-0.4, -0.2) is 54.3 Å². The van der Waals surface area contributed by atoms with Crippen LogP contribution >= 0.6 is 0 Å². The molecule has 1 aromatic heterocycles. The van der Waals surface area contributed by atoms with Crippen molar-refractivity contribution in [3.05, 3.63) is 70.2 Å². The Labute approximate surface area is 244 Å². The molecule has 2 aliphatic carbocycles. The Kier molecular flexibility index (Phi) is 8.14. The van der Waals surface area contributed by atoms with Crippen molar-refractivity contribution in [3.63, 3.8) is 0 Å². The van der Waals surface area contributed by atoms with Crippen LogP contribution in [0.4, 0.5) is 5.69 Å². The third-order valence-electron chi connectivity index (χ3n) is 9.67. The van der Waals surface area contributed by atoms with Gasteiger partial charge in [-0.25, -0.2) is 0 Å². The molecule has 4 aliphatic rings. The molecule has 2 aliphatic heterocycles. The highest BCUT2D eigenvalue weighted by Gasteiger charge is 2.35. The fraction of sp³-hybridized carbons (Fsp3) is 0.514. The van der Waals surface area contributed by atoms with Gasteiger partial charge in [-0.3, -0.25) is 14.6 Å². The molecule has 2 atom stereocenters. The summed E-state index contributed by atoms with van der Waals surface area (Å²) in [6.07, 6.45) is 15.1. The van der Waals surface area contributed by atoms with Gasteiger partial charge in [-0.05, 0) is 86.3 Å². The molecule has 2 aromatic rings. The quantitative estimate of drug-likeness (QED) is 0.487. The van der Waals surface area contributed by atoms with Gasteiger partial charge in [0.05, 0.1) is 12.5 Å². The first-order chi connectivity index (χ1) is 20.0. The molecule has 1 aromatic carbocycles. The number of allylic oxidation sites excluding steroid dienone is 1. The molecule has 0 bridgehead atoms. The zero-order chi connectivity index (χ0) is 28.3. The van der Waals surface area contributed by atoms with Crippen molar-refractivity contribution in [2.24, 2.45) is 5.92 Å². The van der Waals surface area contributed by atoms with E-state index in [2.05, 4.69) is 44.9 Å². The summed E-state index contributed by atoms with van der Waals surface area (Å²) in [5, 5.41) is 3.23. The predicted octanol–water partition coefficient (Wildman–Crippen LogP) is 5.82. The number of hydrogen-bond acceptors (Lipinski definition) is 5. The maximum Gasteiger partial charge on any atom is 0.251 e. The molecular formula is C35H42N4O2. The lowest BCUT2D eigenvalue weighted by atomic mass is 9.81. The number of ketones is 1. The Morgan fingerprint density at radius 2 is 1.76 bits per heavy atom. The highest BCUT2D eigenvalue weighted by Crippen LogP contribution is 2.42. The maximum absolute atomic E-state index is 14.0. The molecule has 0 spiro atoms. The van der Waals surface area contributed by atoms with E-state index in [1.54, 1.807) is 12.4 Å². The fourth-order valence-corrected chi connectivity index (χ4v) is 7.49. The molecule has 6 heteroatoms. The van der Waals surface area contributed by atoms with Crippen LogP contribution in [0.15, 0.2) is 47.9 Å². The minimum atomic E-state index is -0.216. The third kappa shape index (κ3) is 5.77. The first-order valence-corrected chi connectivity index (χ1v) is 15.6. The van der Waals surface area contributed by atoms with E-state index in [9.17, 15) is 9.59 Å². The normalized spacial score (nSPS) is 22.9. The van der Waals surface area contributed by atoms with Crippen LogP contribution in [0.1, 0.15) is 104 Å². The Hall–Kier alpha value is -3.59. The monoisotopic (exact) mass is 550 g/mol. The van der Waals surface area contributed by atoms with Gasteiger partial charge in [-0.1, -0.05) is 38.0 Å². The standard InChI is InChI=1S/C35H42N4O2/c1-24-16-19-39(27-8-4-3-5-9-27)32-21-26(13-12-25-14-17-36-18-15-25)20-29(34(24)32)35(41)37-22-30-28-10-6-7-11-31(28)38(2)23-33(30)40/h14-15,17-18,20-21,24,27,30H,3-11,16,19,22-23H2,1-2H3,(H,37,41). The first kappa shape index (κ1) is 27.6. The number of amides is 1. The number of fused-ring (bicyclic) bond motifs is 1. The van der Waals surface area contributed by atoms with Gasteiger partial charge in [0, 0.05) is 66.6 Å². The number of carbonyl (C=O) groups is 2. The number of rotatable bonds is 4. The van der Waals surface area contributed by atoms with Crippen molar-refractivity contribution < 1.29 is 9.59 Å². The van der Waals surface area contributed by atoms with Crippen LogP contribution in [-0.2, 0) is 4.79 Å². The number of pyridine rings is 1. The number of carbonyl (C=O) groups excluding carboxylic acids is 2. The van der Waals surface area contributed by atoms with E-state index in [4.69, 9.17) is 0 Å². The largest absolute Gasteiger partial charge is 0.371 e. The average molecular weight is 551 g/mol. The Morgan fingerprint density at radius 1 is 1.00 bits per heavy atom. The number of hydrogen-bond donors (Lipinski definition) is 1. The van der Waals surface area contributed by atoms with Crippen LogP contribution < -0.4 is 10.2 Å². The summed E-state index contributed by atoms with van der Waals surface area (Å²) in [4.78, 5) is 35.9. The number of nitrogens with zero attached hydrogens (tertiary/aromatic N) is 3. The summed E-state index contributed by atoms with van der Waals surface area (Å²) in [6, 6.07) is 8.52. The number of likely N-dealkylation sites (N-methyl/N-ethyl adjacent to an activating group) is 1. The van der Waals surface area contributed by atoms with Crippen molar-refractivity contribution >= 4 is 17.4 Å². The third-order valence-corrected chi connectivity index (χ3v) is 9.67. The molecule has 0 saturated heterocycles. The van der Waals surface area contributed by atoms with Gasteiger partial charge in [0.15, 0.2) is 5.78 Å². The number of anilines is 1. The topological polar surface area (TPSA) is 65.5 Å². The summed E-state index contributed by atoms with van der Waals surface area (Å²) in [6.45, 7) is 4.06. The highest BCUT2D eigenvalue weighted by atomic mass is 16.2. The molecule has 1 N–H and O–H groups in total. The van der Waals surface area contributed by atoms with Crippen LogP contribution in [0.25, 0.3) is 0 Å². The van der Waals surface area contributed by atoms with E-state index in [0.29, 0.717) is 24.7 Å². The van der Waals surface area contributed by atoms with Gasteiger partial charge >= 0.3 is 0 Å². The molecule has 1 saturated carbocycles. The Morgan fingerprint density at radius 3 is 2.56 bits per heavy atom. The van der Waals surface area contributed by atoms with Crippen molar-refractivity contribution in [2.75, 3.05) is 31.6 Å².